The van der Waals surface area contributed by atoms with Gasteiger partial charge in [-0.15, -0.1) is 6.58 Å². The van der Waals surface area contributed by atoms with Crippen LogP contribution in [0.2, 0.25) is 0 Å². The SMILES string of the molecule is C=CCc1ccc(OCCCn2c(CCCNC(=O)c3ccncc3)nc3ccccc32)c(OC)c1. The maximum atomic E-state index is 12.3. The Kier molecular flexibility index (Phi) is 8.70. The second-order valence-corrected chi connectivity index (χ2v) is 8.44. The van der Waals surface area contributed by atoms with Gasteiger partial charge in [0.15, 0.2) is 11.5 Å². The van der Waals surface area contributed by atoms with Crippen LogP contribution in [0.4, 0.5) is 0 Å². The zero-order valence-corrected chi connectivity index (χ0v) is 20.7. The van der Waals surface area contributed by atoms with Gasteiger partial charge in [-0.25, -0.2) is 4.98 Å². The van der Waals surface area contributed by atoms with E-state index in [1.165, 1.54) is 0 Å². The summed E-state index contributed by atoms with van der Waals surface area (Å²) in [6.07, 6.45) is 8.29. The summed E-state index contributed by atoms with van der Waals surface area (Å²) >= 11 is 0. The van der Waals surface area contributed by atoms with Crippen LogP contribution in [0.5, 0.6) is 11.5 Å². The summed E-state index contributed by atoms with van der Waals surface area (Å²) in [7, 11) is 1.66. The van der Waals surface area contributed by atoms with Gasteiger partial charge in [0.2, 0.25) is 0 Å². The lowest BCUT2D eigenvalue weighted by Crippen LogP contribution is -2.25. The van der Waals surface area contributed by atoms with Crippen LogP contribution in [0.15, 0.2) is 79.6 Å². The summed E-state index contributed by atoms with van der Waals surface area (Å²) in [5, 5.41) is 2.97. The highest BCUT2D eigenvalue weighted by molar-refractivity contribution is 5.93. The van der Waals surface area contributed by atoms with Gasteiger partial charge in [-0.2, -0.15) is 0 Å². The van der Waals surface area contributed by atoms with Crippen LogP contribution in [-0.4, -0.2) is 40.7 Å². The largest absolute Gasteiger partial charge is 0.493 e. The number of para-hydroxylation sites is 2. The Bertz CT molecular complexity index is 1300. The van der Waals surface area contributed by atoms with Crippen LogP contribution in [0, 0.1) is 0 Å². The van der Waals surface area contributed by atoms with Crippen LogP contribution >= 0.6 is 0 Å². The van der Waals surface area contributed by atoms with E-state index >= 15 is 0 Å². The zero-order valence-electron chi connectivity index (χ0n) is 20.7. The quantitative estimate of drug-likeness (QED) is 0.213. The van der Waals surface area contributed by atoms with Crippen molar-refractivity contribution in [2.75, 3.05) is 20.3 Å². The van der Waals surface area contributed by atoms with E-state index < -0.39 is 0 Å². The summed E-state index contributed by atoms with van der Waals surface area (Å²) in [5.41, 5.74) is 3.85. The molecule has 1 amide bonds. The van der Waals surface area contributed by atoms with Gasteiger partial charge in [-0.3, -0.25) is 9.78 Å². The lowest BCUT2D eigenvalue weighted by atomic mass is 10.1. The van der Waals surface area contributed by atoms with Gasteiger partial charge >= 0.3 is 0 Å². The van der Waals surface area contributed by atoms with Crippen LogP contribution in [0.1, 0.15) is 34.6 Å². The molecule has 4 aromatic rings. The van der Waals surface area contributed by atoms with Crippen molar-refractivity contribution < 1.29 is 14.3 Å². The minimum Gasteiger partial charge on any atom is -0.493 e. The first-order valence-corrected chi connectivity index (χ1v) is 12.2. The highest BCUT2D eigenvalue weighted by atomic mass is 16.5. The molecule has 0 aliphatic heterocycles. The number of carbonyl (C=O) groups excluding carboxylic acids is 1. The Morgan fingerprint density at radius 1 is 1.08 bits per heavy atom. The molecule has 0 unspecified atom stereocenters. The second kappa shape index (κ2) is 12.5. The van der Waals surface area contributed by atoms with Crippen molar-refractivity contribution in [3.05, 3.63) is 96.6 Å². The minimum absolute atomic E-state index is 0.0870. The van der Waals surface area contributed by atoms with Crippen LogP contribution < -0.4 is 14.8 Å². The van der Waals surface area contributed by atoms with Gasteiger partial charge in [-0.05, 0) is 61.2 Å². The summed E-state index contributed by atoms with van der Waals surface area (Å²) in [6.45, 7) is 5.72. The molecule has 186 valence electrons. The third-order valence-electron chi connectivity index (χ3n) is 5.93. The number of hydrogen-bond acceptors (Lipinski definition) is 5. The number of carbonyl (C=O) groups is 1. The third-order valence-corrected chi connectivity index (χ3v) is 5.93. The number of fused-ring (bicyclic) bond motifs is 1. The number of allylic oxidation sites excluding steroid dienone is 1. The monoisotopic (exact) mass is 484 g/mol. The Morgan fingerprint density at radius 3 is 2.72 bits per heavy atom. The van der Waals surface area contributed by atoms with Crippen molar-refractivity contribution in [1.29, 1.82) is 0 Å². The molecule has 7 nitrogen and oxygen atoms in total. The molecule has 0 fully saturated rings. The number of methoxy groups -OCH3 is 1. The molecule has 4 rings (SSSR count). The van der Waals surface area contributed by atoms with E-state index in [4.69, 9.17) is 14.5 Å². The molecule has 0 atom stereocenters. The molecule has 0 aliphatic rings. The molecule has 7 heteroatoms. The van der Waals surface area contributed by atoms with Gasteiger partial charge in [0.05, 0.1) is 24.8 Å². The molecule has 0 saturated heterocycles. The van der Waals surface area contributed by atoms with Crippen molar-refractivity contribution in [2.24, 2.45) is 0 Å². The highest BCUT2D eigenvalue weighted by Gasteiger charge is 2.12. The molecule has 0 spiro atoms. The molecule has 36 heavy (non-hydrogen) atoms. The van der Waals surface area contributed by atoms with E-state index in [1.807, 2.05) is 42.5 Å². The Balaban J connectivity index is 1.34. The average molecular weight is 485 g/mol. The number of aromatic nitrogens is 3. The normalized spacial score (nSPS) is 10.8. The molecule has 2 aromatic heterocycles. The first-order chi connectivity index (χ1) is 17.7. The highest BCUT2D eigenvalue weighted by Crippen LogP contribution is 2.28. The lowest BCUT2D eigenvalue weighted by Gasteiger charge is -2.13. The fraction of sp³-hybridized carbons (Fsp3) is 0.276. The Morgan fingerprint density at radius 2 is 1.92 bits per heavy atom. The fourth-order valence-corrected chi connectivity index (χ4v) is 4.15. The van der Waals surface area contributed by atoms with Crippen molar-refractivity contribution >= 4 is 16.9 Å². The molecule has 1 N–H and O–H groups in total. The number of nitrogens with one attached hydrogen (secondary N) is 1. The summed E-state index contributed by atoms with van der Waals surface area (Å²) in [5.74, 6) is 2.40. The van der Waals surface area contributed by atoms with Crippen molar-refractivity contribution in [3.63, 3.8) is 0 Å². The molecule has 0 saturated carbocycles. The number of benzene rings is 2. The van der Waals surface area contributed by atoms with Crippen LogP contribution in [0.25, 0.3) is 11.0 Å². The van der Waals surface area contributed by atoms with Crippen molar-refractivity contribution in [2.45, 2.75) is 32.2 Å². The standard InChI is InChI=1S/C29H32N4O3/c1-3-8-22-12-13-26(27(21-22)35-2)36-20-7-19-33-25-10-5-4-9-24(25)32-28(33)11-6-16-31-29(34)23-14-17-30-18-15-23/h3-5,9-10,12-15,17-18,21H,1,6-8,11,16,19-20H2,2H3,(H,31,34). The van der Waals surface area contributed by atoms with Gasteiger partial charge in [0.1, 0.15) is 5.82 Å². The maximum Gasteiger partial charge on any atom is 0.251 e. The smallest absolute Gasteiger partial charge is 0.251 e. The number of imidazole rings is 1. The topological polar surface area (TPSA) is 78.3 Å². The molecule has 2 aromatic carbocycles. The third kappa shape index (κ3) is 6.30. The van der Waals surface area contributed by atoms with E-state index in [0.29, 0.717) is 18.7 Å². The second-order valence-electron chi connectivity index (χ2n) is 8.44. The Hall–Kier alpha value is -4.13. The van der Waals surface area contributed by atoms with E-state index in [2.05, 4.69) is 27.5 Å². The number of rotatable bonds is 13. The van der Waals surface area contributed by atoms with Gasteiger partial charge in [-0.1, -0.05) is 24.3 Å². The molecule has 0 bridgehead atoms. The fourth-order valence-electron chi connectivity index (χ4n) is 4.15. The molecule has 2 heterocycles. The van der Waals surface area contributed by atoms with E-state index in [0.717, 1.165) is 66.1 Å². The van der Waals surface area contributed by atoms with Gasteiger partial charge < -0.3 is 19.4 Å². The first-order valence-electron chi connectivity index (χ1n) is 12.2. The van der Waals surface area contributed by atoms with E-state index in [-0.39, 0.29) is 5.91 Å². The number of ether oxygens (including phenoxy) is 2. The first kappa shape index (κ1) is 25.0. The lowest BCUT2D eigenvalue weighted by molar-refractivity contribution is 0.0953. The van der Waals surface area contributed by atoms with E-state index in [1.54, 1.807) is 31.6 Å². The minimum atomic E-state index is -0.0870. The average Bonchev–Trinajstić information content (AvgIpc) is 3.27. The number of hydrogen-bond donors (Lipinski definition) is 1. The molecule has 0 aliphatic carbocycles. The number of amides is 1. The van der Waals surface area contributed by atoms with Crippen molar-refractivity contribution in [3.8, 4) is 11.5 Å². The summed E-state index contributed by atoms with van der Waals surface area (Å²) in [4.78, 5) is 21.1. The predicted octanol–water partition coefficient (Wildman–Crippen LogP) is 5.00. The number of pyridine rings is 1. The maximum absolute atomic E-state index is 12.3. The zero-order chi connectivity index (χ0) is 25.2. The number of nitrogens with zero attached hydrogens (tertiary/aromatic N) is 3. The summed E-state index contributed by atoms with van der Waals surface area (Å²) < 4.78 is 13.8. The van der Waals surface area contributed by atoms with Crippen LogP contribution in [0.3, 0.4) is 0 Å². The van der Waals surface area contributed by atoms with E-state index in [9.17, 15) is 4.79 Å². The predicted molar refractivity (Wildman–Crippen MR) is 142 cm³/mol. The van der Waals surface area contributed by atoms with Crippen LogP contribution in [-0.2, 0) is 19.4 Å². The number of aryl methyl sites for hydroxylation is 2. The molecular formula is C29H32N4O3. The molecular weight excluding hydrogens is 452 g/mol. The van der Waals surface area contributed by atoms with Gasteiger partial charge in [0, 0.05) is 37.5 Å². The van der Waals surface area contributed by atoms with Crippen molar-refractivity contribution in [1.82, 2.24) is 19.9 Å². The molecule has 0 radical (unpaired) electrons. The van der Waals surface area contributed by atoms with Gasteiger partial charge in [0.25, 0.3) is 5.91 Å². The summed E-state index contributed by atoms with van der Waals surface area (Å²) in [6, 6.07) is 17.6. The Labute approximate surface area is 211 Å².